The van der Waals surface area contributed by atoms with Crippen molar-refractivity contribution in [1.29, 1.82) is 0 Å². The van der Waals surface area contributed by atoms with Gasteiger partial charge in [0.1, 0.15) is 5.75 Å². The highest BCUT2D eigenvalue weighted by molar-refractivity contribution is 9.10. The molecule has 0 saturated carbocycles. The summed E-state index contributed by atoms with van der Waals surface area (Å²) < 4.78 is 10.8. The van der Waals surface area contributed by atoms with E-state index in [0.717, 1.165) is 0 Å². The Morgan fingerprint density at radius 2 is 2.00 bits per heavy atom. The molecule has 0 atom stereocenters. The molecule has 6 heteroatoms. The Bertz CT molecular complexity index is 601. The summed E-state index contributed by atoms with van der Waals surface area (Å²) in [4.78, 5) is 15.3. The van der Waals surface area contributed by atoms with Crippen LogP contribution in [0.25, 0.3) is 0 Å². The van der Waals surface area contributed by atoms with Gasteiger partial charge in [0.2, 0.25) is 5.88 Å². The predicted molar refractivity (Wildman–Crippen MR) is 74.8 cm³/mol. The average Bonchev–Trinajstić information content (AvgIpc) is 2.42. The molecule has 1 aromatic heterocycles. The molecule has 0 amide bonds. The van der Waals surface area contributed by atoms with E-state index in [1.807, 2.05) is 0 Å². The van der Waals surface area contributed by atoms with E-state index in [0.29, 0.717) is 26.7 Å². The zero-order valence-electron chi connectivity index (χ0n) is 9.89. The van der Waals surface area contributed by atoms with Crippen LogP contribution >= 0.6 is 27.5 Å². The van der Waals surface area contributed by atoms with E-state index < -0.39 is 5.97 Å². The fourth-order valence-corrected chi connectivity index (χ4v) is 2.09. The topological polar surface area (TPSA) is 48.4 Å². The molecule has 2 aromatic rings. The van der Waals surface area contributed by atoms with E-state index in [1.165, 1.54) is 13.3 Å². The van der Waals surface area contributed by atoms with Gasteiger partial charge in [-0.1, -0.05) is 11.6 Å². The molecule has 0 spiro atoms. The number of methoxy groups -OCH3 is 1. The SMILES string of the molecule is COC(=O)c1ccc(Oc2ncc(Cl)cc2Br)cc1. The van der Waals surface area contributed by atoms with Crippen molar-refractivity contribution in [2.45, 2.75) is 0 Å². The molecular formula is C13H9BrClNO3. The van der Waals surface area contributed by atoms with E-state index in [1.54, 1.807) is 30.3 Å². The highest BCUT2D eigenvalue weighted by atomic mass is 79.9. The van der Waals surface area contributed by atoms with Gasteiger partial charge in [-0.25, -0.2) is 9.78 Å². The lowest BCUT2D eigenvalue weighted by Gasteiger charge is -2.07. The van der Waals surface area contributed by atoms with E-state index >= 15 is 0 Å². The Labute approximate surface area is 123 Å². The number of ether oxygens (including phenoxy) is 2. The number of benzene rings is 1. The van der Waals surface area contributed by atoms with Crippen molar-refractivity contribution in [3.05, 3.63) is 51.6 Å². The summed E-state index contributed by atoms with van der Waals surface area (Å²) in [7, 11) is 1.33. The molecule has 0 aliphatic heterocycles. The van der Waals surface area contributed by atoms with E-state index in [9.17, 15) is 4.79 Å². The van der Waals surface area contributed by atoms with Gasteiger partial charge in [0.15, 0.2) is 0 Å². The normalized spacial score (nSPS) is 10.1. The first-order valence-electron chi connectivity index (χ1n) is 5.27. The van der Waals surface area contributed by atoms with Crippen LogP contribution in [0.15, 0.2) is 41.0 Å². The van der Waals surface area contributed by atoms with Crippen LogP contribution in [0, 0.1) is 0 Å². The third-order valence-corrected chi connectivity index (χ3v) is 3.04. The van der Waals surface area contributed by atoms with Gasteiger partial charge in [-0.05, 0) is 46.3 Å². The second-order valence-corrected chi connectivity index (χ2v) is 4.85. The van der Waals surface area contributed by atoms with E-state index in [-0.39, 0.29) is 0 Å². The largest absolute Gasteiger partial charge is 0.465 e. The van der Waals surface area contributed by atoms with Crippen LogP contribution in [0.2, 0.25) is 5.02 Å². The molecular weight excluding hydrogens is 334 g/mol. The summed E-state index contributed by atoms with van der Waals surface area (Å²) >= 11 is 9.10. The molecule has 0 fully saturated rings. The van der Waals surface area contributed by atoms with E-state index in [4.69, 9.17) is 16.3 Å². The number of carbonyl (C=O) groups is 1. The summed E-state index contributed by atoms with van der Waals surface area (Å²) in [5, 5.41) is 0.514. The Morgan fingerprint density at radius 1 is 1.32 bits per heavy atom. The number of aromatic nitrogens is 1. The number of hydrogen-bond donors (Lipinski definition) is 0. The van der Waals surface area contributed by atoms with Gasteiger partial charge in [-0.2, -0.15) is 0 Å². The van der Waals surface area contributed by atoms with E-state index in [2.05, 4.69) is 25.7 Å². The lowest BCUT2D eigenvalue weighted by Crippen LogP contribution is -2.00. The average molecular weight is 343 g/mol. The second kappa shape index (κ2) is 6.04. The Hall–Kier alpha value is -1.59. The van der Waals surface area contributed by atoms with Crippen LogP contribution in [-0.2, 0) is 4.74 Å². The highest BCUT2D eigenvalue weighted by Gasteiger charge is 2.07. The first kappa shape index (κ1) is 13.8. The molecule has 0 N–H and O–H groups in total. The summed E-state index contributed by atoms with van der Waals surface area (Å²) in [5.74, 6) is 0.566. The fraction of sp³-hybridized carbons (Fsp3) is 0.0769. The van der Waals surface area contributed by atoms with Crippen molar-refractivity contribution in [3.8, 4) is 11.6 Å². The summed E-state index contributed by atoms with van der Waals surface area (Å²) in [5.41, 5.74) is 0.456. The first-order chi connectivity index (χ1) is 9.10. The molecule has 0 radical (unpaired) electrons. The maximum Gasteiger partial charge on any atom is 0.337 e. The van der Waals surface area contributed by atoms with Crippen LogP contribution in [0.4, 0.5) is 0 Å². The zero-order chi connectivity index (χ0) is 13.8. The van der Waals surface area contributed by atoms with Gasteiger partial charge in [0, 0.05) is 6.20 Å². The number of halogens is 2. The van der Waals surface area contributed by atoms with Crippen LogP contribution in [-0.4, -0.2) is 18.1 Å². The van der Waals surface area contributed by atoms with Gasteiger partial charge in [0.05, 0.1) is 22.2 Å². The fourth-order valence-electron chi connectivity index (χ4n) is 1.37. The molecule has 0 unspecified atom stereocenters. The van der Waals surface area contributed by atoms with Crippen molar-refractivity contribution in [1.82, 2.24) is 4.98 Å². The summed E-state index contributed by atoms with van der Waals surface area (Å²) in [6.07, 6.45) is 1.49. The molecule has 1 heterocycles. The summed E-state index contributed by atoms with van der Waals surface area (Å²) in [6, 6.07) is 8.24. The lowest BCUT2D eigenvalue weighted by atomic mass is 10.2. The smallest absolute Gasteiger partial charge is 0.337 e. The highest BCUT2D eigenvalue weighted by Crippen LogP contribution is 2.29. The Balaban J connectivity index is 2.17. The molecule has 19 heavy (non-hydrogen) atoms. The number of esters is 1. The molecule has 0 bridgehead atoms. The number of carbonyl (C=O) groups excluding carboxylic acids is 1. The minimum atomic E-state index is -0.391. The second-order valence-electron chi connectivity index (χ2n) is 3.56. The molecule has 0 saturated heterocycles. The molecule has 2 rings (SSSR count). The molecule has 0 aliphatic rings. The van der Waals surface area contributed by atoms with Crippen molar-refractivity contribution in [2.24, 2.45) is 0 Å². The standard InChI is InChI=1S/C13H9BrClNO3/c1-18-13(17)8-2-4-10(5-3-8)19-12-11(14)6-9(15)7-16-12/h2-7H,1H3. The summed E-state index contributed by atoms with van der Waals surface area (Å²) in [6.45, 7) is 0. The molecule has 1 aromatic carbocycles. The van der Waals surface area contributed by atoms with Crippen LogP contribution in [0.3, 0.4) is 0 Å². The van der Waals surface area contributed by atoms with Gasteiger partial charge in [0.25, 0.3) is 0 Å². The number of pyridine rings is 1. The van der Waals surface area contributed by atoms with Crippen molar-refractivity contribution >= 4 is 33.5 Å². The maximum absolute atomic E-state index is 11.3. The quantitative estimate of drug-likeness (QED) is 0.789. The zero-order valence-corrected chi connectivity index (χ0v) is 12.2. The van der Waals surface area contributed by atoms with Crippen LogP contribution in [0.1, 0.15) is 10.4 Å². The van der Waals surface area contributed by atoms with Gasteiger partial charge < -0.3 is 9.47 Å². The molecule has 98 valence electrons. The Morgan fingerprint density at radius 3 is 2.58 bits per heavy atom. The first-order valence-corrected chi connectivity index (χ1v) is 6.44. The number of nitrogens with zero attached hydrogens (tertiary/aromatic N) is 1. The lowest BCUT2D eigenvalue weighted by molar-refractivity contribution is 0.0600. The Kier molecular flexibility index (Phi) is 4.39. The van der Waals surface area contributed by atoms with Crippen molar-refractivity contribution in [2.75, 3.05) is 7.11 Å². The number of rotatable bonds is 3. The predicted octanol–water partition coefficient (Wildman–Crippen LogP) is 4.08. The minimum Gasteiger partial charge on any atom is -0.465 e. The van der Waals surface area contributed by atoms with Gasteiger partial charge in [-0.3, -0.25) is 0 Å². The van der Waals surface area contributed by atoms with Crippen molar-refractivity contribution in [3.63, 3.8) is 0 Å². The maximum atomic E-state index is 11.3. The third-order valence-electron chi connectivity index (χ3n) is 2.26. The molecule has 4 nitrogen and oxygen atoms in total. The minimum absolute atomic E-state index is 0.391. The van der Waals surface area contributed by atoms with Crippen LogP contribution < -0.4 is 4.74 Å². The van der Waals surface area contributed by atoms with Gasteiger partial charge >= 0.3 is 5.97 Å². The third kappa shape index (κ3) is 3.45. The monoisotopic (exact) mass is 341 g/mol. The van der Waals surface area contributed by atoms with Crippen LogP contribution in [0.5, 0.6) is 11.6 Å². The van der Waals surface area contributed by atoms with Gasteiger partial charge in [-0.15, -0.1) is 0 Å². The molecule has 0 aliphatic carbocycles. The number of hydrogen-bond acceptors (Lipinski definition) is 4. The van der Waals surface area contributed by atoms with Crippen molar-refractivity contribution < 1.29 is 14.3 Å².